The maximum atomic E-state index is 12.8. The van der Waals surface area contributed by atoms with Gasteiger partial charge in [-0.05, 0) is 18.4 Å². The minimum absolute atomic E-state index is 0.0152. The number of ether oxygens (including phenoxy) is 1. The Morgan fingerprint density at radius 1 is 1.30 bits per heavy atom. The summed E-state index contributed by atoms with van der Waals surface area (Å²) in [5, 5.41) is 9.45. The van der Waals surface area contributed by atoms with Gasteiger partial charge >= 0.3 is 17.7 Å². The number of alkyl halides is 3. The SMILES string of the molecule is CCOC(=O)[C@](O)(C#CCc1ccccc1)C(F)(F)F. The molecule has 0 radical (unpaired) electrons. The van der Waals surface area contributed by atoms with Crippen LogP contribution in [0.2, 0.25) is 0 Å². The first-order valence-corrected chi connectivity index (χ1v) is 5.81. The van der Waals surface area contributed by atoms with Gasteiger partial charge in [-0.15, -0.1) is 0 Å². The van der Waals surface area contributed by atoms with Crippen LogP contribution < -0.4 is 0 Å². The number of carbonyl (C=O) groups excluding carboxylic acids is 1. The Hall–Kier alpha value is -2.00. The van der Waals surface area contributed by atoms with Crippen molar-refractivity contribution in [3.63, 3.8) is 0 Å². The standard InChI is InChI=1S/C14H13F3O3/c1-2-20-12(18)13(19,14(15,16)17)10-6-9-11-7-4-3-5-8-11/h3-5,7-8,19H,2,9H2,1H3/t13-/m1/s1. The monoisotopic (exact) mass is 286 g/mol. The van der Waals surface area contributed by atoms with E-state index in [-0.39, 0.29) is 13.0 Å². The lowest BCUT2D eigenvalue weighted by Crippen LogP contribution is -2.52. The van der Waals surface area contributed by atoms with Crippen LogP contribution in [0.4, 0.5) is 13.2 Å². The van der Waals surface area contributed by atoms with Gasteiger partial charge in [0.15, 0.2) is 0 Å². The number of aliphatic hydroxyl groups is 1. The molecule has 3 nitrogen and oxygen atoms in total. The smallest absolute Gasteiger partial charge is 0.440 e. The minimum Gasteiger partial charge on any atom is -0.463 e. The first kappa shape index (κ1) is 16.1. The number of hydrogen-bond acceptors (Lipinski definition) is 3. The average Bonchev–Trinajstić information content (AvgIpc) is 2.38. The highest BCUT2D eigenvalue weighted by molar-refractivity contribution is 5.84. The van der Waals surface area contributed by atoms with E-state index in [1.54, 1.807) is 36.3 Å². The van der Waals surface area contributed by atoms with Crippen LogP contribution in [0.3, 0.4) is 0 Å². The Bertz CT molecular complexity index is 514. The summed E-state index contributed by atoms with van der Waals surface area (Å²) in [6, 6.07) is 8.51. The third kappa shape index (κ3) is 3.75. The van der Waals surface area contributed by atoms with Crippen LogP contribution in [0.25, 0.3) is 0 Å². The zero-order valence-corrected chi connectivity index (χ0v) is 10.7. The maximum absolute atomic E-state index is 12.8. The topological polar surface area (TPSA) is 46.5 Å². The Morgan fingerprint density at radius 2 is 1.90 bits per heavy atom. The van der Waals surface area contributed by atoms with Gasteiger partial charge in [-0.2, -0.15) is 13.2 Å². The highest BCUT2D eigenvalue weighted by atomic mass is 19.4. The summed E-state index contributed by atoms with van der Waals surface area (Å²) in [4.78, 5) is 11.3. The van der Waals surface area contributed by atoms with Gasteiger partial charge in [0.25, 0.3) is 0 Å². The zero-order chi connectivity index (χ0) is 15.2. The maximum Gasteiger partial charge on any atom is 0.440 e. The first-order valence-electron chi connectivity index (χ1n) is 5.81. The molecule has 0 saturated carbocycles. The lowest BCUT2D eigenvalue weighted by atomic mass is 10.0. The Morgan fingerprint density at radius 3 is 2.40 bits per heavy atom. The summed E-state index contributed by atoms with van der Waals surface area (Å²) in [7, 11) is 0. The van der Waals surface area contributed by atoms with E-state index in [4.69, 9.17) is 0 Å². The minimum atomic E-state index is -5.22. The fraction of sp³-hybridized carbons (Fsp3) is 0.357. The first-order chi connectivity index (χ1) is 9.31. The van der Waals surface area contributed by atoms with E-state index in [1.807, 2.05) is 0 Å². The molecule has 0 aliphatic heterocycles. The van der Waals surface area contributed by atoms with Crippen molar-refractivity contribution in [1.82, 2.24) is 0 Å². The molecule has 0 fully saturated rings. The van der Waals surface area contributed by atoms with Crippen molar-refractivity contribution in [1.29, 1.82) is 0 Å². The summed E-state index contributed by atoms with van der Waals surface area (Å²) in [5.41, 5.74) is -3.12. The van der Waals surface area contributed by atoms with Crippen molar-refractivity contribution in [2.24, 2.45) is 0 Å². The predicted octanol–water partition coefficient (Wildman–Crippen LogP) is 2.09. The molecule has 0 heterocycles. The van der Waals surface area contributed by atoms with Crippen molar-refractivity contribution in [2.45, 2.75) is 25.1 Å². The van der Waals surface area contributed by atoms with Crippen molar-refractivity contribution in [3.05, 3.63) is 35.9 Å². The summed E-state index contributed by atoms with van der Waals surface area (Å²) < 4.78 is 42.5. The second-order valence-corrected chi connectivity index (χ2v) is 3.89. The van der Waals surface area contributed by atoms with Crippen molar-refractivity contribution in [3.8, 4) is 11.8 Å². The Labute approximate surface area is 114 Å². The quantitative estimate of drug-likeness (QED) is 0.683. The molecule has 0 aliphatic carbocycles. The molecule has 6 heteroatoms. The van der Waals surface area contributed by atoms with E-state index >= 15 is 0 Å². The van der Waals surface area contributed by atoms with Crippen molar-refractivity contribution < 1.29 is 27.8 Å². The van der Waals surface area contributed by atoms with E-state index in [9.17, 15) is 23.1 Å². The van der Waals surface area contributed by atoms with E-state index in [2.05, 4.69) is 10.7 Å². The highest BCUT2D eigenvalue weighted by Gasteiger charge is 2.60. The highest BCUT2D eigenvalue weighted by Crippen LogP contribution is 2.31. The lowest BCUT2D eigenvalue weighted by molar-refractivity contribution is -0.242. The molecule has 1 rings (SSSR count). The molecular formula is C14H13F3O3. The molecule has 0 saturated heterocycles. The van der Waals surface area contributed by atoms with Gasteiger partial charge in [0, 0.05) is 6.42 Å². The number of hydrogen-bond donors (Lipinski definition) is 1. The van der Waals surface area contributed by atoms with Crippen LogP contribution in [0, 0.1) is 11.8 Å². The average molecular weight is 286 g/mol. The van der Waals surface area contributed by atoms with E-state index < -0.39 is 17.7 Å². The second-order valence-electron chi connectivity index (χ2n) is 3.89. The number of halogens is 3. The largest absolute Gasteiger partial charge is 0.463 e. The molecule has 0 aliphatic rings. The number of carbonyl (C=O) groups is 1. The molecule has 0 bridgehead atoms. The lowest BCUT2D eigenvalue weighted by Gasteiger charge is -2.22. The molecule has 1 aromatic carbocycles. The predicted molar refractivity (Wildman–Crippen MR) is 65.6 cm³/mol. The molecule has 0 spiro atoms. The third-order valence-corrected chi connectivity index (χ3v) is 2.39. The van der Waals surface area contributed by atoms with E-state index in [1.165, 1.54) is 6.92 Å². The molecule has 108 valence electrons. The number of esters is 1. The summed E-state index contributed by atoms with van der Waals surface area (Å²) >= 11 is 0. The third-order valence-electron chi connectivity index (χ3n) is 2.39. The van der Waals surface area contributed by atoms with Gasteiger partial charge in [0.2, 0.25) is 0 Å². The van der Waals surface area contributed by atoms with Crippen molar-refractivity contribution in [2.75, 3.05) is 6.61 Å². The number of rotatable bonds is 3. The number of benzene rings is 1. The summed E-state index contributed by atoms with van der Waals surface area (Å²) in [6.07, 6.45) is -5.23. The second kappa shape index (κ2) is 6.44. The van der Waals surface area contributed by atoms with Gasteiger partial charge in [0.05, 0.1) is 6.61 Å². The van der Waals surface area contributed by atoms with Gasteiger partial charge < -0.3 is 9.84 Å². The molecule has 0 amide bonds. The summed E-state index contributed by atoms with van der Waals surface area (Å²) in [6.45, 7) is 1.06. The molecule has 0 unspecified atom stereocenters. The fourth-order valence-electron chi connectivity index (χ4n) is 1.34. The van der Waals surface area contributed by atoms with Crippen LogP contribution >= 0.6 is 0 Å². The van der Waals surface area contributed by atoms with E-state index in [0.717, 1.165) is 0 Å². The molecule has 1 atom stereocenters. The molecule has 0 aromatic heterocycles. The van der Waals surface area contributed by atoms with Gasteiger partial charge in [0.1, 0.15) is 0 Å². The van der Waals surface area contributed by atoms with E-state index in [0.29, 0.717) is 5.56 Å². The Kier molecular flexibility index (Phi) is 5.17. The van der Waals surface area contributed by atoms with Gasteiger partial charge in [-0.3, -0.25) is 0 Å². The molecular weight excluding hydrogens is 273 g/mol. The van der Waals surface area contributed by atoms with Crippen LogP contribution in [0.1, 0.15) is 12.5 Å². The zero-order valence-electron chi connectivity index (χ0n) is 10.7. The van der Waals surface area contributed by atoms with Gasteiger partial charge in [-0.1, -0.05) is 36.3 Å². The molecule has 1 aromatic rings. The van der Waals surface area contributed by atoms with Crippen LogP contribution in [-0.2, 0) is 16.0 Å². The van der Waals surface area contributed by atoms with Gasteiger partial charge in [-0.25, -0.2) is 4.79 Å². The normalized spacial score (nSPS) is 13.8. The fourth-order valence-corrected chi connectivity index (χ4v) is 1.34. The van der Waals surface area contributed by atoms with Crippen LogP contribution in [-0.4, -0.2) is 29.5 Å². The Balaban J connectivity index is 2.95. The van der Waals surface area contributed by atoms with Crippen molar-refractivity contribution >= 4 is 5.97 Å². The summed E-state index contributed by atoms with van der Waals surface area (Å²) in [5.74, 6) is 1.93. The molecule has 1 N–H and O–H groups in total. The molecule has 20 heavy (non-hydrogen) atoms. The van der Waals surface area contributed by atoms with Crippen LogP contribution in [0.15, 0.2) is 30.3 Å². The van der Waals surface area contributed by atoms with Crippen LogP contribution in [0.5, 0.6) is 0 Å².